The van der Waals surface area contributed by atoms with Crippen molar-refractivity contribution in [3.05, 3.63) is 89.8 Å². The molecule has 2 aromatic heterocycles. The molecule has 0 atom stereocenters. The Morgan fingerprint density at radius 3 is 2.00 bits per heavy atom. The fourth-order valence-corrected chi connectivity index (χ4v) is 2.66. The lowest BCUT2D eigenvalue weighted by molar-refractivity contribution is -0.127. The van der Waals surface area contributed by atoms with Crippen LogP contribution in [0.5, 0.6) is 0 Å². The van der Waals surface area contributed by atoms with Crippen molar-refractivity contribution >= 4 is 12.0 Å². The van der Waals surface area contributed by atoms with Gasteiger partial charge in [-0.15, -0.1) is 0 Å². The van der Waals surface area contributed by atoms with Crippen molar-refractivity contribution in [1.29, 1.82) is 0 Å². The number of rotatable bonds is 7. The molecule has 134 valence electrons. The molecule has 3 rings (SSSR count). The maximum atomic E-state index is 12.7. The topological polar surface area (TPSA) is 46.6 Å². The Morgan fingerprint density at radius 1 is 0.962 bits per heavy atom. The van der Waals surface area contributed by atoms with E-state index >= 15 is 0 Å². The molecule has 0 aliphatic rings. The van der Waals surface area contributed by atoms with Crippen LogP contribution in [-0.2, 0) is 17.9 Å². The first-order valence-corrected chi connectivity index (χ1v) is 8.73. The third-order valence-electron chi connectivity index (χ3n) is 4.19. The van der Waals surface area contributed by atoms with Crippen LogP contribution in [0.3, 0.4) is 0 Å². The standard InChI is InChI=1S/C22H23NO3/c1-17(2)19-10-7-18(8-11-19)9-12-22(24)23(15-20-5-3-13-25-20)16-21-6-4-14-26-21/h3-14,17H,15-16H2,1-2H3/b12-9+. The summed E-state index contributed by atoms with van der Waals surface area (Å²) in [5.74, 6) is 1.87. The molecule has 0 saturated carbocycles. The molecule has 3 aromatic rings. The summed E-state index contributed by atoms with van der Waals surface area (Å²) in [7, 11) is 0. The highest BCUT2D eigenvalue weighted by Gasteiger charge is 2.15. The predicted octanol–water partition coefficient (Wildman–Crippen LogP) is 5.24. The Balaban J connectivity index is 1.71. The fraction of sp³-hybridized carbons (Fsp3) is 0.227. The zero-order chi connectivity index (χ0) is 18.4. The van der Waals surface area contributed by atoms with Crippen molar-refractivity contribution in [3.63, 3.8) is 0 Å². The van der Waals surface area contributed by atoms with Crippen molar-refractivity contribution in [1.82, 2.24) is 4.90 Å². The van der Waals surface area contributed by atoms with Crippen molar-refractivity contribution < 1.29 is 13.6 Å². The first-order chi connectivity index (χ1) is 12.6. The van der Waals surface area contributed by atoms with Gasteiger partial charge in [0.25, 0.3) is 0 Å². The quantitative estimate of drug-likeness (QED) is 0.548. The molecule has 0 bridgehead atoms. The second-order valence-corrected chi connectivity index (χ2v) is 6.51. The molecular formula is C22H23NO3. The molecule has 2 heterocycles. The SMILES string of the molecule is CC(C)c1ccc(/C=C/C(=O)N(Cc2ccco2)Cc2ccco2)cc1. The molecule has 0 unspecified atom stereocenters. The van der Waals surface area contributed by atoms with E-state index in [1.165, 1.54) is 5.56 Å². The van der Waals surface area contributed by atoms with Crippen LogP contribution in [0.4, 0.5) is 0 Å². The highest BCUT2D eigenvalue weighted by Crippen LogP contribution is 2.16. The number of amides is 1. The monoisotopic (exact) mass is 349 g/mol. The molecule has 1 amide bonds. The van der Waals surface area contributed by atoms with Crippen molar-refractivity contribution in [2.24, 2.45) is 0 Å². The number of furan rings is 2. The molecule has 4 heteroatoms. The number of carbonyl (C=O) groups excluding carboxylic acids is 1. The minimum atomic E-state index is -0.0919. The van der Waals surface area contributed by atoms with Gasteiger partial charge in [0.15, 0.2) is 0 Å². The Bertz CT molecular complexity index is 792. The maximum absolute atomic E-state index is 12.7. The van der Waals surface area contributed by atoms with Gasteiger partial charge in [-0.2, -0.15) is 0 Å². The number of carbonyl (C=O) groups is 1. The average Bonchev–Trinajstić information content (AvgIpc) is 3.33. The minimum Gasteiger partial charge on any atom is -0.467 e. The van der Waals surface area contributed by atoms with E-state index in [2.05, 4.69) is 26.0 Å². The molecule has 0 radical (unpaired) electrons. The van der Waals surface area contributed by atoms with Gasteiger partial charge in [0.1, 0.15) is 11.5 Å². The highest BCUT2D eigenvalue weighted by molar-refractivity contribution is 5.91. The molecule has 4 nitrogen and oxygen atoms in total. The Morgan fingerprint density at radius 2 is 1.54 bits per heavy atom. The maximum Gasteiger partial charge on any atom is 0.247 e. The van der Waals surface area contributed by atoms with Gasteiger partial charge in [0, 0.05) is 6.08 Å². The van der Waals surface area contributed by atoms with E-state index in [1.807, 2.05) is 42.5 Å². The largest absolute Gasteiger partial charge is 0.467 e. The van der Waals surface area contributed by atoms with Crippen LogP contribution in [0.1, 0.15) is 42.4 Å². The molecule has 0 fully saturated rings. The second kappa shape index (κ2) is 8.39. The lowest BCUT2D eigenvalue weighted by Crippen LogP contribution is -2.28. The summed E-state index contributed by atoms with van der Waals surface area (Å²) in [6.45, 7) is 5.11. The third-order valence-corrected chi connectivity index (χ3v) is 4.19. The van der Waals surface area contributed by atoms with Gasteiger partial charge in [-0.1, -0.05) is 38.1 Å². The molecule has 0 aliphatic carbocycles. The fourth-order valence-electron chi connectivity index (χ4n) is 2.66. The van der Waals surface area contributed by atoms with Crippen LogP contribution in [0.15, 0.2) is 76.0 Å². The van der Waals surface area contributed by atoms with Crippen LogP contribution < -0.4 is 0 Å². The Hall–Kier alpha value is -3.01. The van der Waals surface area contributed by atoms with Crippen LogP contribution in [0.25, 0.3) is 6.08 Å². The van der Waals surface area contributed by atoms with Crippen molar-refractivity contribution in [2.75, 3.05) is 0 Å². The van der Waals surface area contributed by atoms with E-state index in [0.29, 0.717) is 19.0 Å². The summed E-state index contributed by atoms with van der Waals surface area (Å²) in [6.07, 6.45) is 6.65. The van der Waals surface area contributed by atoms with E-state index in [-0.39, 0.29) is 5.91 Å². The lowest BCUT2D eigenvalue weighted by Gasteiger charge is -2.18. The number of nitrogens with zero attached hydrogens (tertiary/aromatic N) is 1. The lowest BCUT2D eigenvalue weighted by atomic mass is 10.0. The van der Waals surface area contributed by atoms with Crippen LogP contribution >= 0.6 is 0 Å². The van der Waals surface area contributed by atoms with E-state index in [4.69, 9.17) is 8.83 Å². The van der Waals surface area contributed by atoms with E-state index in [1.54, 1.807) is 23.5 Å². The van der Waals surface area contributed by atoms with Gasteiger partial charge in [-0.3, -0.25) is 4.79 Å². The summed E-state index contributed by atoms with van der Waals surface area (Å²) in [4.78, 5) is 14.4. The van der Waals surface area contributed by atoms with Gasteiger partial charge in [-0.05, 0) is 47.4 Å². The molecule has 0 aliphatic heterocycles. The van der Waals surface area contributed by atoms with Crippen LogP contribution in [-0.4, -0.2) is 10.8 Å². The normalized spacial score (nSPS) is 11.3. The predicted molar refractivity (Wildman–Crippen MR) is 101 cm³/mol. The first kappa shape index (κ1) is 17.8. The van der Waals surface area contributed by atoms with E-state index < -0.39 is 0 Å². The Kier molecular flexibility index (Phi) is 5.74. The zero-order valence-corrected chi connectivity index (χ0v) is 15.1. The summed E-state index contributed by atoms with van der Waals surface area (Å²) >= 11 is 0. The smallest absolute Gasteiger partial charge is 0.247 e. The van der Waals surface area contributed by atoms with Gasteiger partial charge in [-0.25, -0.2) is 0 Å². The number of hydrogen-bond donors (Lipinski definition) is 0. The van der Waals surface area contributed by atoms with Crippen molar-refractivity contribution in [3.8, 4) is 0 Å². The van der Waals surface area contributed by atoms with Crippen molar-refractivity contribution in [2.45, 2.75) is 32.9 Å². The number of benzene rings is 1. The summed E-state index contributed by atoms with van der Waals surface area (Å²) in [5, 5.41) is 0. The van der Waals surface area contributed by atoms with Crippen LogP contribution in [0.2, 0.25) is 0 Å². The molecule has 0 spiro atoms. The highest BCUT2D eigenvalue weighted by atomic mass is 16.3. The zero-order valence-electron chi connectivity index (χ0n) is 15.1. The van der Waals surface area contributed by atoms with Gasteiger partial charge in [0.2, 0.25) is 5.91 Å². The summed E-state index contributed by atoms with van der Waals surface area (Å²) in [5.41, 5.74) is 2.28. The third kappa shape index (κ3) is 4.76. The van der Waals surface area contributed by atoms with Crippen LogP contribution in [0, 0.1) is 0 Å². The van der Waals surface area contributed by atoms with E-state index in [9.17, 15) is 4.79 Å². The summed E-state index contributed by atoms with van der Waals surface area (Å²) < 4.78 is 10.8. The second-order valence-electron chi connectivity index (χ2n) is 6.51. The molecular weight excluding hydrogens is 326 g/mol. The van der Waals surface area contributed by atoms with E-state index in [0.717, 1.165) is 17.1 Å². The summed E-state index contributed by atoms with van der Waals surface area (Å²) in [6, 6.07) is 15.6. The van der Waals surface area contributed by atoms with Gasteiger partial charge >= 0.3 is 0 Å². The average molecular weight is 349 g/mol. The molecule has 0 saturated heterocycles. The molecule has 1 aromatic carbocycles. The van der Waals surface area contributed by atoms with Gasteiger partial charge in [0.05, 0.1) is 25.6 Å². The number of hydrogen-bond acceptors (Lipinski definition) is 3. The Labute approximate surface area is 153 Å². The molecule has 26 heavy (non-hydrogen) atoms. The first-order valence-electron chi connectivity index (χ1n) is 8.73. The van der Waals surface area contributed by atoms with Gasteiger partial charge < -0.3 is 13.7 Å². The molecule has 0 N–H and O–H groups in total. The minimum absolute atomic E-state index is 0.0919.